The first-order chi connectivity index (χ1) is 7.56. The van der Waals surface area contributed by atoms with E-state index < -0.39 is 0 Å². The molecular formula is C12H16FNO2. The summed E-state index contributed by atoms with van der Waals surface area (Å²) in [5.74, 6) is -0.646. The van der Waals surface area contributed by atoms with E-state index in [-0.39, 0.29) is 24.2 Å². The summed E-state index contributed by atoms with van der Waals surface area (Å²) in [6.07, 6.45) is 0.143. The summed E-state index contributed by atoms with van der Waals surface area (Å²) in [5, 5.41) is 0. The van der Waals surface area contributed by atoms with Gasteiger partial charge in [-0.1, -0.05) is 18.2 Å². The van der Waals surface area contributed by atoms with E-state index in [2.05, 4.69) is 4.74 Å². The third-order valence-corrected chi connectivity index (χ3v) is 2.48. The van der Waals surface area contributed by atoms with Gasteiger partial charge in [0.25, 0.3) is 0 Å². The highest BCUT2D eigenvalue weighted by molar-refractivity contribution is 5.70. The number of halogens is 1. The molecule has 0 aliphatic heterocycles. The number of esters is 1. The average molecular weight is 225 g/mol. The Hall–Kier alpha value is -1.42. The van der Waals surface area contributed by atoms with Crippen LogP contribution in [0.2, 0.25) is 0 Å². The highest BCUT2D eigenvalue weighted by Gasteiger charge is 2.21. The molecule has 1 atom stereocenters. The van der Waals surface area contributed by atoms with E-state index in [1.807, 2.05) is 0 Å². The van der Waals surface area contributed by atoms with Crippen molar-refractivity contribution >= 4 is 5.97 Å². The number of hydrogen-bond donors (Lipinski definition) is 0. The Morgan fingerprint density at radius 2 is 2.06 bits per heavy atom. The Labute approximate surface area is 94.8 Å². The minimum absolute atomic E-state index is 0.143. The normalized spacial score (nSPS) is 12.6. The van der Waals surface area contributed by atoms with E-state index in [1.165, 1.54) is 13.2 Å². The van der Waals surface area contributed by atoms with Gasteiger partial charge in [-0.25, -0.2) is 4.39 Å². The Kier molecular flexibility index (Phi) is 4.43. The summed E-state index contributed by atoms with van der Waals surface area (Å²) in [4.78, 5) is 13.0. The molecule has 0 saturated heterocycles. The molecule has 0 saturated carbocycles. The van der Waals surface area contributed by atoms with Crippen LogP contribution in [-0.2, 0) is 9.53 Å². The van der Waals surface area contributed by atoms with Gasteiger partial charge in [0.05, 0.1) is 13.5 Å². The van der Waals surface area contributed by atoms with Crippen molar-refractivity contribution in [3.05, 3.63) is 35.6 Å². The van der Waals surface area contributed by atoms with Gasteiger partial charge in [-0.3, -0.25) is 4.79 Å². The number of carbonyl (C=O) groups excluding carboxylic acids is 1. The number of methoxy groups -OCH3 is 1. The molecule has 0 amide bonds. The van der Waals surface area contributed by atoms with E-state index in [0.717, 1.165) is 0 Å². The van der Waals surface area contributed by atoms with Gasteiger partial charge >= 0.3 is 5.97 Å². The van der Waals surface area contributed by atoms with Gasteiger partial charge in [0.15, 0.2) is 0 Å². The molecule has 88 valence electrons. The SMILES string of the molecule is COC(=O)CC(c1ccccc1F)N(C)C. The van der Waals surface area contributed by atoms with Crippen LogP contribution in [0.25, 0.3) is 0 Å². The Bertz CT molecular complexity index is 366. The van der Waals surface area contributed by atoms with Crippen LogP contribution in [0.5, 0.6) is 0 Å². The second-order valence-corrected chi connectivity index (χ2v) is 3.78. The molecule has 0 fully saturated rings. The van der Waals surface area contributed by atoms with Crippen LogP contribution in [0.3, 0.4) is 0 Å². The summed E-state index contributed by atoms with van der Waals surface area (Å²) >= 11 is 0. The summed E-state index contributed by atoms with van der Waals surface area (Å²) in [6, 6.07) is 6.16. The van der Waals surface area contributed by atoms with Crippen LogP contribution < -0.4 is 0 Å². The summed E-state index contributed by atoms with van der Waals surface area (Å²) < 4.78 is 18.2. The van der Waals surface area contributed by atoms with E-state index in [1.54, 1.807) is 37.2 Å². The molecule has 0 aliphatic carbocycles. The minimum atomic E-state index is -0.345. The Morgan fingerprint density at radius 1 is 1.44 bits per heavy atom. The number of hydrogen-bond acceptors (Lipinski definition) is 3. The zero-order valence-corrected chi connectivity index (χ0v) is 9.74. The van der Waals surface area contributed by atoms with Crippen LogP contribution >= 0.6 is 0 Å². The number of carbonyl (C=O) groups is 1. The first-order valence-corrected chi connectivity index (χ1v) is 5.04. The van der Waals surface area contributed by atoms with Crippen molar-refractivity contribution in [3.8, 4) is 0 Å². The molecule has 0 heterocycles. The largest absolute Gasteiger partial charge is 0.469 e. The van der Waals surface area contributed by atoms with Crippen LogP contribution in [-0.4, -0.2) is 32.1 Å². The molecule has 1 aromatic rings. The average Bonchev–Trinajstić information content (AvgIpc) is 2.26. The third-order valence-electron chi connectivity index (χ3n) is 2.48. The zero-order valence-electron chi connectivity index (χ0n) is 9.74. The highest BCUT2D eigenvalue weighted by Crippen LogP contribution is 2.24. The first kappa shape index (κ1) is 12.6. The molecule has 0 spiro atoms. The van der Waals surface area contributed by atoms with E-state index in [4.69, 9.17) is 0 Å². The number of rotatable bonds is 4. The summed E-state index contributed by atoms with van der Waals surface area (Å²) in [7, 11) is 4.94. The fourth-order valence-corrected chi connectivity index (χ4v) is 1.56. The molecule has 0 radical (unpaired) electrons. The molecule has 0 aromatic heterocycles. The lowest BCUT2D eigenvalue weighted by Crippen LogP contribution is -2.24. The maximum Gasteiger partial charge on any atom is 0.307 e. The van der Waals surface area contributed by atoms with Crippen molar-refractivity contribution in [1.29, 1.82) is 0 Å². The molecule has 1 unspecified atom stereocenters. The topological polar surface area (TPSA) is 29.5 Å². The minimum Gasteiger partial charge on any atom is -0.469 e. The maximum atomic E-state index is 13.6. The molecule has 1 rings (SSSR count). The van der Waals surface area contributed by atoms with Crippen molar-refractivity contribution in [3.63, 3.8) is 0 Å². The van der Waals surface area contributed by atoms with Crippen LogP contribution in [0.1, 0.15) is 18.0 Å². The smallest absolute Gasteiger partial charge is 0.307 e. The predicted octanol–water partition coefficient (Wildman–Crippen LogP) is 1.99. The van der Waals surface area contributed by atoms with Gasteiger partial charge in [-0.15, -0.1) is 0 Å². The zero-order chi connectivity index (χ0) is 12.1. The van der Waals surface area contributed by atoms with E-state index >= 15 is 0 Å². The second kappa shape index (κ2) is 5.61. The predicted molar refractivity (Wildman–Crippen MR) is 59.5 cm³/mol. The summed E-state index contributed by atoms with van der Waals surface area (Å²) in [6.45, 7) is 0. The molecule has 16 heavy (non-hydrogen) atoms. The van der Waals surface area contributed by atoms with E-state index in [0.29, 0.717) is 5.56 Å². The highest BCUT2D eigenvalue weighted by atomic mass is 19.1. The maximum absolute atomic E-state index is 13.6. The molecule has 4 heteroatoms. The lowest BCUT2D eigenvalue weighted by molar-refractivity contribution is -0.141. The van der Waals surface area contributed by atoms with Gasteiger partial charge in [0.1, 0.15) is 5.82 Å². The monoisotopic (exact) mass is 225 g/mol. The van der Waals surface area contributed by atoms with Crippen LogP contribution in [0, 0.1) is 5.82 Å². The number of benzene rings is 1. The first-order valence-electron chi connectivity index (χ1n) is 5.04. The van der Waals surface area contributed by atoms with Crippen molar-refractivity contribution in [2.24, 2.45) is 0 Å². The summed E-state index contributed by atoms with van der Waals surface area (Å²) in [5.41, 5.74) is 0.512. The third kappa shape index (κ3) is 3.03. The van der Waals surface area contributed by atoms with Gasteiger partial charge in [-0.05, 0) is 20.2 Å². The lowest BCUT2D eigenvalue weighted by atomic mass is 10.0. The molecule has 0 N–H and O–H groups in total. The number of nitrogens with zero attached hydrogens (tertiary/aromatic N) is 1. The van der Waals surface area contributed by atoms with Gasteiger partial charge in [0, 0.05) is 11.6 Å². The van der Waals surface area contributed by atoms with Crippen molar-refractivity contribution < 1.29 is 13.9 Å². The second-order valence-electron chi connectivity index (χ2n) is 3.78. The van der Waals surface area contributed by atoms with Crippen molar-refractivity contribution in [2.75, 3.05) is 21.2 Å². The molecule has 3 nitrogen and oxygen atoms in total. The van der Waals surface area contributed by atoms with E-state index in [9.17, 15) is 9.18 Å². The molecule has 1 aromatic carbocycles. The Morgan fingerprint density at radius 3 is 2.56 bits per heavy atom. The van der Waals surface area contributed by atoms with Gasteiger partial charge < -0.3 is 9.64 Å². The fourth-order valence-electron chi connectivity index (χ4n) is 1.56. The molecular weight excluding hydrogens is 209 g/mol. The van der Waals surface area contributed by atoms with Crippen LogP contribution in [0.15, 0.2) is 24.3 Å². The standard InChI is InChI=1S/C12H16FNO2/c1-14(2)11(8-12(15)16-3)9-6-4-5-7-10(9)13/h4-7,11H,8H2,1-3H3. The molecule has 0 aliphatic rings. The van der Waals surface area contributed by atoms with Crippen molar-refractivity contribution in [2.45, 2.75) is 12.5 Å². The van der Waals surface area contributed by atoms with Crippen LogP contribution in [0.4, 0.5) is 4.39 Å². The van der Waals surface area contributed by atoms with Crippen molar-refractivity contribution in [1.82, 2.24) is 4.90 Å². The van der Waals surface area contributed by atoms with Gasteiger partial charge in [-0.2, -0.15) is 0 Å². The number of ether oxygens (including phenoxy) is 1. The molecule has 0 bridgehead atoms. The quantitative estimate of drug-likeness (QED) is 0.734. The van der Waals surface area contributed by atoms with Gasteiger partial charge in [0.2, 0.25) is 0 Å². The Balaban J connectivity index is 2.94. The lowest BCUT2D eigenvalue weighted by Gasteiger charge is -2.23. The fraction of sp³-hybridized carbons (Fsp3) is 0.417.